The summed E-state index contributed by atoms with van der Waals surface area (Å²) < 4.78 is 28.1. The second-order valence-corrected chi connectivity index (χ2v) is 10.5. The highest BCUT2D eigenvalue weighted by molar-refractivity contribution is 7.89. The normalized spacial score (nSPS) is 32.7. The molecule has 7 heteroatoms. The highest BCUT2D eigenvalue weighted by atomic mass is 32.2. The maximum atomic E-state index is 12.7. The summed E-state index contributed by atoms with van der Waals surface area (Å²) in [7, 11) is -3.74. The van der Waals surface area contributed by atoms with Gasteiger partial charge < -0.3 is 0 Å². The van der Waals surface area contributed by atoms with E-state index >= 15 is 0 Å². The van der Waals surface area contributed by atoms with Crippen molar-refractivity contribution in [3.05, 3.63) is 33.9 Å². The number of hydrogen-bond acceptors (Lipinski definition) is 4. The fourth-order valence-electron chi connectivity index (χ4n) is 6.12. The van der Waals surface area contributed by atoms with Crippen LogP contribution in [0.25, 0.3) is 0 Å². The Hall–Kier alpha value is -1.47. The zero-order chi connectivity index (χ0) is 18.5. The Kier molecular flexibility index (Phi) is 4.34. The van der Waals surface area contributed by atoms with Crippen molar-refractivity contribution in [1.82, 2.24) is 4.72 Å². The number of sulfonamides is 1. The zero-order valence-electron chi connectivity index (χ0n) is 15.1. The van der Waals surface area contributed by atoms with Gasteiger partial charge in [0, 0.05) is 18.7 Å². The maximum Gasteiger partial charge on any atom is 0.270 e. The molecule has 0 heterocycles. The number of nitro benzene ring substituents is 1. The van der Waals surface area contributed by atoms with Gasteiger partial charge in [-0.15, -0.1) is 0 Å². The molecule has 0 unspecified atom stereocenters. The summed E-state index contributed by atoms with van der Waals surface area (Å²) in [6, 6.07) is 3.98. The second-order valence-electron chi connectivity index (χ2n) is 8.77. The Bertz CT molecular complexity index is 799. The van der Waals surface area contributed by atoms with E-state index in [1.165, 1.54) is 50.7 Å². The number of hydrogen-bond donors (Lipinski definition) is 1. The SMILES string of the molecule is Cc1ccc([N+](=O)[O-])cc1S(=O)(=O)NCCC12CC3CC(CC(C3)C1)C2. The van der Waals surface area contributed by atoms with E-state index in [1.807, 2.05) is 0 Å². The first-order valence-corrected chi connectivity index (χ1v) is 11.0. The van der Waals surface area contributed by atoms with Gasteiger partial charge in [0.2, 0.25) is 10.0 Å². The van der Waals surface area contributed by atoms with Crippen molar-refractivity contribution >= 4 is 15.7 Å². The minimum Gasteiger partial charge on any atom is -0.258 e. The molecule has 6 nitrogen and oxygen atoms in total. The van der Waals surface area contributed by atoms with Crippen LogP contribution in [0.4, 0.5) is 5.69 Å². The number of non-ortho nitro benzene ring substituents is 1. The Morgan fingerprint density at radius 2 is 1.73 bits per heavy atom. The van der Waals surface area contributed by atoms with Gasteiger partial charge in [0.15, 0.2) is 0 Å². The van der Waals surface area contributed by atoms with E-state index < -0.39 is 14.9 Å². The van der Waals surface area contributed by atoms with E-state index in [9.17, 15) is 18.5 Å². The number of benzene rings is 1. The Labute approximate surface area is 154 Å². The van der Waals surface area contributed by atoms with Gasteiger partial charge in [0.1, 0.15) is 0 Å². The minimum atomic E-state index is -3.74. The highest BCUT2D eigenvalue weighted by Gasteiger charge is 2.50. The molecule has 4 aliphatic rings. The van der Waals surface area contributed by atoms with Crippen LogP contribution >= 0.6 is 0 Å². The Morgan fingerprint density at radius 1 is 1.15 bits per heavy atom. The summed E-state index contributed by atoms with van der Waals surface area (Å²) >= 11 is 0. The molecule has 0 amide bonds. The van der Waals surface area contributed by atoms with Gasteiger partial charge in [0.25, 0.3) is 5.69 Å². The van der Waals surface area contributed by atoms with E-state index in [-0.39, 0.29) is 10.6 Å². The van der Waals surface area contributed by atoms with Crippen molar-refractivity contribution < 1.29 is 13.3 Å². The number of nitrogens with zero attached hydrogens (tertiary/aromatic N) is 1. The molecule has 0 radical (unpaired) electrons. The summed E-state index contributed by atoms with van der Waals surface area (Å²) in [4.78, 5) is 10.4. The van der Waals surface area contributed by atoms with Gasteiger partial charge in [-0.2, -0.15) is 0 Å². The molecule has 142 valence electrons. The molecular weight excluding hydrogens is 352 g/mol. The van der Waals surface area contributed by atoms with Crippen molar-refractivity contribution in [2.75, 3.05) is 6.54 Å². The average Bonchev–Trinajstić information content (AvgIpc) is 2.53. The van der Waals surface area contributed by atoms with E-state index in [2.05, 4.69) is 4.72 Å². The third-order valence-electron chi connectivity index (χ3n) is 6.78. The summed E-state index contributed by atoms with van der Waals surface area (Å²) in [6.07, 6.45) is 8.74. The van der Waals surface area contributed by atoms with Gasteiger partial charge in [0.05, 0.1) is 9.82 Å². The third-order valence-corrected chi connectivity index (χ3v) is 8.39. The van der Waals surface area contributed by atoms with Crippen molar-refractivity contribution in [2.45, 2.75) is 56.8 Å². The largest absolute Gasteiger partial charge is 0.270 e. The lowest BCUT2D eigenvalue weighted by molar-refractivity contribution is -0.385. The third kappa shape index (κ3) is 3.27. The zero-order valence-corrected chi connectivity index (χ0v) is 15.9. The van der Waals surface area contributed by atoms with Crippen LogP contribution in [0.1, 0.15) is 50.5 Å². The van der Waals surface area contributed by atoms with E-state index in [1.54, 1.807) is 6.92 Å². The molecule has 1 aromatic rings. The van der Waals surface area contributed by atoms with Crippen LogP contribution in [0, 0.1) is 40.2 Å². The molecule has 0 aromatic heterocycles. The molecule has 5 rings (SSSR count). The van der Waals surface area contributed by atoms with Crippen molar-refractivity contribution in [2.24, 2.45) is 23.2 Å². The van der Waals surface area contributed by atoms with Crippen LogP contribution in [0.2, 0.25) is 0 Å². The van der Waals surface area contributed by atoms with E-state index in [0.29, 0.717) is 17.5 Å². The minimum absolute atomic E-state index is 0.0113. The molecular formula is C19H26N2O4S. The molecule has 4 saturated carbocycles. The summed E-state index contributed by atoms with van der Waals surface area (Å²) in [6.45, 7) is 2.08. The first kappa shape index (κ1) is 17.9. The molecule has 1 aromatic carbocycles. The second kappa shape index (κ2) is 6.30. The van der Waals surface area contributed by atoms with Crippen molar-refractivity contribution in [1.29, 1.82) is 0 Å². The van der Waals surface area contributed by atoms with Crippen molar-refractivity contribution in [3.8, 4) is 0 Å². The van der Waals surface area contributed by atoms with Crippen LogP contribution in [0.15, 0.2) is 23.1 Å². The molecule has 4 fully saturated rings. The molecule has 4 bridgehead atoms. The molecule has 1 N–H and O–H groups in total. The predicted molar refractivity (Wildman–Crippen MR) is 98.2 cm³/mol. The van der Waals surface area contributed by atoms with Crippen molar-refractivity contribution in [3.63, 3.8) is 0 Å². The smallest absolute Gasteiger partial charge is 0.258 e. The van der Waals surface area contributed by atoms with Crippen LogP contribution in [-0.4, -0.2) is 19.9 Å². The first-order chi connectivity index (χ1) is 12.3. The number of nitro groups is 1. The monoisotopic (exact) mass is 378 g/mol. The lowest BCUT2D eigenvalue weighted by atomic mass is 9.49. The predicted octanol–water partition coefficient (Wildman–Crippen LogP) is 3.79. The fourth-order valence-corrected chi connectivity index (χ4v) is 7.41. The van der Waals surface area contributed by atoms with Gasteiger partial charge in [-0.3, -0.25) is 10.1 Å². The Morgan fingerprint density at radius 3 is 2.27 bits per heavy atom. The molecule has 0 saturated heterocycles. The molecule has 0 spiro atoms. The van der Waals surface area contributed by atoms with Gasteiger partial charge >= 0.3 is 0 Å². The molecule has 26 heavy (non-hydrogen) atoms. The van der Waals surface area contributed by atoms with E-state index in [0.717, 1.165) is 30.2 Å². The highest BCUT2D eigenvalue weighted by Crippen LogP contribution is 2.61. The lowest BCUT2D eigenvalue weighted by Gasteiger charge is -2.57. The van der Waals surface area contributed by atoms with Crippen LogP contribution < -0.4 is 4.72 Å². The summed E-state index contributed by atoms with van der Waals surface area (Å²) in [5, 5.41) is 11.0. The Balaban J connectivity index is 1.45. The average molecular weight is 378 g/mol. The van der Waals surface area contributed by atoms with Gasteiger partial charge in [-0.25, -0.2) is 13.1 Å². The van der Waals surface area contributed by atoms with E-state index in [4.69, 9.17) is 0 Å². The van der Waals surface area contributed by atoms with Crippen LogP contribution in [0.3, 0.4) is 0 Å². The number of aryl methyl sites for hydroxylation is 1. The fraction of sp³-hybridized carbons (Fsp3) is 0.684. The lowest BCUT2D eigenvalue weighted by Crippen LogP contribution is -2.47. The summed E-state index contributed by atoms with van der Waals surface area (Å²) in [5.74, 6) is 2.53. The standard InChI is InChI=1S/C19H26N2O4S/c1-13-2-3-17(21(22)23)9-18(13)26(24,25)20-5-4-19-10-14-6-15(11-19)8-16(7-14)12-19/h2-3,9,14-16,20H,4-8,10-12H2,1H3. The molecule has 4 aliphatic carbocycles. The summed E-state index contributed by atoms with van der Waals surface area (Å²) in [5.41, 5.74) is 0.643. The molecule has 0 atom stereocenters. The van der Waals surface area contributed by atoms with Crippen LogP contribution in [0.5, 0.6) is 0 Å². The van der Waals surface area contributed by atoms with Gasteiger partial charge in [-0.05, 0) is 80.6 Å². The molecule has 0 aliphatic heterocycles. The first-order valence-electron chi connectivity index (χ1n) is 9.51. The van der Waals surface area contributed by atoms with Crippen LogP contribution in [-0.2, 0) is 10.0 Å². The maximum absolute atomic E-state index is 12.7. The number of rotatable bonds is 6. The number of nitrogens with one attached hydrogen (secondary N) is 1. The topological polar surface area (TPSA) is 89.3 Å². The van der Waals surface area contributed by atoms with Gasteiger partial charge in [-0.1, -0.05) is 6.07 Å². The quantitative estimate of drug-likeness (QED) is 0.602.